The van der Waals surface area contributed by atoms with Crippen LogP contribution in [0.1, 0.15) is 50.2 Å². The van der Waals surface area contributed by atoms with E-state index in [2.05, 4.69) is 10.6 Å². The Bertz CT molecular complexity index is 2280. The number of amides is 6. The number of hydrogen-bond acceptors (Lipinski definition) is 6. The van der Waals surface area contributed by atoms with Gasteiger partial charge in [-0.3, -0.25) is 38.6 Å². The Labute approximate surface area is 314 Å². The SMILES string of the molecule is Cc1ccc(C(=O)Nc2ccc(-c3ccc(NC(=O)c4ccc(N5C(=O)C6C[C@H]7C(=O)N(C)C(=O)[C@@H]7C[C@@H]6C5=O)cc4)cc3C(F)(F)F)c(C(F)(F)F)c2)cc1. The molecule has 7 rings (SSSR count). The number of likely N-dealkylation sites (tertiary alicyclic amines) is 1. The second kappa shape index (κ2) is 13.8. The van der Waals surface area contributed by atoms with E-state index in [1.807, 2.05) is 0 Å². The summed E-state index contributed by atoms with van der Waals surface area (Å²) in [5, 5.41) is 4.64. The molecule has 1 aliphatic carbocycles. The van der Waals surface area contributed by atoms with Crippen LogP contribution in [0.3, 0.4) is 0 Å². The summed E-state index contributed by atoms with van der Waals surface area (Å²) in [4.78, 5) is 79.5. The van der Waals surface area contributed by atoms with Gasteiger partial charge in [0.25, 0.3) is 11.8 Å². The lowest BCUT2D eigenvalue weighted by Crippen LogP contribution is -2.35. The highest BCUT2D eigenvalue weighted by Gasteiger charge is 2.59. The number of carbonyl (C=O) groups is 6. The fourth-order valence-corrected chi connectivity index (χ4v) is 7.65. The predicted octanol–water partition coefficient (Wildman–Crippen LogP) is 7.33. The van der Waals surface area contributed by atoms with Gasteiger partial charge < -0.3 is 10.6 Å². The summed E-state index contributed by atoms with van der Waals surface area (Å²) >= 11 is 0. The van der Waals surface area contributed by atoms with Gasteiger partial charge in [0.2, 0.25) is 23.6 Å². The first-order chi connectivity index (χ1) is 26.3. The Morgan fingerprint density at radius 3 is 1.34 bits per heavy atom. The van der Waals surface area contributed by atoms with Crippen molar-refractivity contribution in [1.29, 1.82) is 0 Å². The number of fused-ring (bicyclic) bond motifs is 2. The van der Waals surface area contributed by atoms with E-state index in [4.69, 9.17) is 0 Å². The molecule has 2 N–H and O–H groups in total. The first-order valence-electron chi connectivity index (χ1n) is 17.2. The molecule has 0 aromatic heterocycles. The zero-order valence-electron chi connectivity index (χ0n) is 29.4. The van der Waals surface area contributed by atoms with E-state index in [9.17, 15) is 55.1 Å². The lowest BCUT2D eigenvalue weighted by molar-refractivity contribution is -0.139. The molecule has 2 saturated heterocycles. The van der Waals surface area contributed by atoms with Gasteiger partial charge in [0.05, 0.1) is 40.5 Å². The number of nitrogens with one attached hydrogen (secondary N) is 2. The van der Waals surface area contributed by atoms with Gasteiger partial charge >= 0.3 is 12.4 Å². The summed E-state index contributed by atoms with van der Waals surface area (Å²) in [6.07, 6.45) is -10.2. The summed E-state index contributed by atoms with van der Waals surface area (Å²) in [5.41, 5.74) is -4.21. The van der Waals surface area contributed by atoms with Gasteiger partial charge in [-0.05, 0) is 91.6 Å². The van der Waals surface area contributed by atoms with E-state index in [1.54, 1.807) is 19.1 Å². The number of halogens is 6. The molecule has 4 aromatic rings. The molecule has 0 bridgehead atoms. The molecule has 2 heterocycles. The van der Waals surface area contributed by atoms with E-state index in [-0.39, 0.29) is 41.0 Å². The lowest BCUT2D eigenvalue weighted by Gasteiger charge is -2.28. The third-order valence-corrected chi connectivity index (χ3v) is 10.5. The van der Waals surface area contributed by atoms with Crippen LogP contribution >= 0.6 is 0 Å². The normalized spacial score (nSPS) is 20.9. The van der Waals surface area contributed by atoms with Crippen molar-refractivity contribution >= 4 is 52.5 Å². The molecule has 1 saturated carbocycles. The molecule has 0 radical (unpaired) electrons. The van der Waals surface area contributed by atoms with Crippen molar-refractivity contribution in [2.75, 3.05) is 22.6 Å². The minimum absolute atomic E-state index is 0.0418. The monoisotopic (exact) mass is 776 g/mol. The first kappa shape index (κ1) is 38.0. The van der Waals surface area contributed by atoms with Crippen LogP contribution in [0.4, 0.5) is 43.4 Å². The van der Waals surface area contributed by atoms with Crippen molar-refractivity contribution in [3.05, 3.63) is 113 Å². The van der Waals surface area contributed by atoms with E-state index in [0.29, 0.717) is 12.1 Å². The van der Waals surface area contributed by atoms with Gasteiger partial charge in [-0.15, -0.1) is 0 Å². The third kappa shape index (κ3) is 6.79. The van der Waals surface area contributed by atoms with Crippen LogP contribution in [0.25, 0.3) is 11.1 Å². The zero-order chi connectivity index (χ0) is 40.4. The molecule has 2 aliphatic heterocycles. The van der Waals surface area contributed by atoms with Gasteiger partial charge in [0.1, 0.15) is 0 Å². The van der Waals surface area contributed by atoms with E-state index < -0.39 is 93.7 Å². The second-order valence-corrected chi connectivity index (χ2v) is 14.0. The quantitative estimate of drug-likeness (QED) is 0.156. The number of benzene rings is 4. The van der Waals surface area contributed by atoms with E-state index in [1.165, 1.54) is 43.4 Å². The largest absolute Gasteiger partial charge is 0.417 e. The number of anilines is 3. The molecule has 288 valence electrons. The van der Waals surface area contributed by atoms with Crippen LogP contribution in [0.5, 0.6) is 0 Å². The van der Waals surface area contributed by atoms with Gasteiger partial charge in [-0.25, -0.2) is 0 Å². The molecule has 3 aliphatic rings. The van der Waals surface area contributed by atoms with E-state index in [0.717, 1.165) is 39.6 Å². The Balaban J connectivity index is 1.10. The standard InChI is InChI=1S/C40H30F6N4O6/c1-19-3-5-20(6-4-19)33(51)47-22-9-13-25(31(15-22)39(41,42)43)26-14-10-23(16-32(26)40(44,45)46)48-34(52)21-7-11-24(12-8-21)50-37(55)29-17-27-28(18-30(29)38(50)56)36(54)49(2)35(27)53/h3-16,27-30H,17-18H2,1-2H3,(H,47,51)(H,48,52)/t27-,28-,29+,30?/m1/s1. The number of imide groups is 2. The molecule has 10 nitrogen and oxygen atoms in total. The molecular formula is C40H30F6N4O6. The summed E-state index contributed by atoms with van der Waals surface area (Å²) in [7, 11) is 1.36. The van der Waals surface area contributed by atoms with Crippen molar-refractivity contribution in [2.45, 2.75) is 32.1 Å². The summed E-state index contributed by atoms with van der Waals surface area (Å²) in [6.45, 7) is 1.78. The van der Waals surface area contributed by atoms with Gasteiger partial charge in [-0.1, -0.05) is 29.8 Å². The number of aryl methyl sites for hydroxylation is 1. The van der Waals surface area contributed by atoms with Gasteiger partial charge in [-0.2, -0.15) is 26.3 Å². The molecular weight excluding hydrogens is 746 g/mol. The van der Waals surface area contributed by atoms with E-state index >= 15 is 0 Å². The minimum atomic E-state index is -5.17. The highest BCUT2D eigenvalue weighted by atomic mass is 19.4. The maximum absolute atomic E-state index is 14.4. The minimum Gasteiger partial charge on any atom is -0.322 e. The Morgan fingerprint density at radius 2 is 0.946 bits per heavy atom. The Hall–Kier alpha value is -6.32. The van der Waals surface area contributed by atoms with Crippen molar-refractivity contribution < 1.29 is 55.1 Å². The van der Waals surface area contributed by atoms with Crippen molar-refractivity contribution in [3.63, 3.8) is 0 Å². The fraction of sp³-hybridized carbons (Fsp3) is 0.250. The van der Waals surface area contributed by atoms with Crippen LogP contribution in [0, 0.1) is 30.6 Å². The molecule has 6 amide bonds. The van der Waals surface area contributed by atoms with Crippen molar-refractivity contribution in [1.82, 2.24) is 4.90 Å². The van der Waals surface area contributed by atoms with Crippen LogP contribution in [-0.4, -0.2) is 47.4 Å². The number of hydrogen-bond donors (Lipinski definition) is 2. The number of nitrogens with zero attached hydrogens (tertiary/aromatic N) is 2. The second-order valence-electron chi connectivity index (χ2n) is 14.0. The molecule has 4 aromatic carbocycles. The average Bonchev–Trinajstić information content (AvgIpc) is 3.52. The van der Waals surface area contributed by atoms with Crippen LogP contribution < -0.4 is 15.5 Å². The van der Waals surface area contributed by atoms with Crippen molar-refractivity contribution in [2.24, 2.45) is 23.7 Å². The Kier molecular flexibility index (Phi) is 9.33. The molecule has 16 heteroatoms. The average molecular weight is 777 g/mol. The lowest BCUT2D eigenvalue weighted by atomic mass is 9.70. The number of alkyl halides is 6. The van der Waals surface area contributed by atoms with Gasteiger partial charge in [0.15, 0.2) is 0 Å². The fourth-order valence-electron chi connectivity index (χ4n) is 7.65. The highest BCUT2D eigenvalue weighted by molar-refractivity contribution is 6.23. The zero-order valence-corrected chi connectivity index (χ0v) is 29.4. The first-order valence-corrected chi connectivity index (χ1v) is 17.2. The smallest absolute Gasteiger partial charge is 0.322 e. The van der Waals surface area contributed by atoms with Crippen LogP contribution in [-0.2, 0) is 31.5 Å². The van der Waals surface area contributed by atoms with Crippen LogP contribution in [0.15, 0.2) is 84.9 Å². The third-order valence-electron chi connectivity index (χ3n) is 10.5. The number of rotatable bonds is 6. The summed E-state index contributed by atoms with van der Waals surface area (Å²) < 4.78 is 86.2. The summed E-state index contributed by atoms with van der Waals surface area (Å²) in [5.74, 6) is -6.53. The highest BCUT2D eigenvalue weighted by Crippen LogP contribution is 2.48. The molecule has 3 fully saturated rings. The van der Waals surface area contributed by atoms with Gasteiger partial charge in [0, 0.05) is 29.5 Å². The van der Waals surface area contributed by atoms with Crippen LogP contribution in [0.2, 0.25) is 0 Å². The predicted molar refractivity (Wildman–Crippen MR) is 189 cm³/mol. The Morgan fingerprint density at radius 1 is 0.571 bits per heavy atom. The van der Waals surface area contributed by atoms with Crippen molar-refractivity contribution in [3.8, 4) is 11.1 Å². The maximum atomic E-state index is 14.4. The maximum Gasteiger partial charge on any atom is 0.417 e. The number of carbonyl (C=O) groups excluding carboxylic acids is 6. The molecule has 56 heavy (non-hydrogen) atoms. The molecule has 4 atom stereocenters. The summed E-state index contributed by atoms with van der Waals surface area (Å²) in [6, 6.07) is 16.0. The topological polar surface area (TPSA) is 133 Å². The molecule has 1 unspecified atom stereocenters. The molecule has 0 spiro atoms.